The highest BCUT2D eigenvalue weighted by Crippen LogP contribution is 2.33. The highest BCUT2D eigenvalue weighted by molar-refractivity contribution is 6.03. The molecule has 1 N–H and O–H groups in total. The number of nitrogens with zero attached hydrogens (tertiary/aromatic N) is 1. The molecule has 0 spiro atoms. The molecule has 2 aromatic rings. The molecule has 0 unspecified atom stereocenters. The average molecular weight is 386 g/mol. The third-order valence-electron chi connectivity index (χ3n) is 4.02. The molecule has 0 radical (unpaired) electrons. The van der Waals surface area contributed by atoms with Crippen molar-refractivity contribution in [1.82, 2.24) is 0 Å². The number of amides is 1. The zero-order valence-corrected chi connectivity index (χ0v) is 15.3. The van der Waals surface area contributed by atoms with E-state index in [0.717, 1.165) is 0 Å². The van der Waals surface area contributed by atoms with E-state index in [-0.39, 0.29) is 19.1 Å². The fraction of sp³-hybridized carbons (Fsp3) is 0.211. The van der Waals surface area contributed by atoms with Crippen molar-refractivity contribution in [2.75, 3.05) is 26.3 Å². The highest BCUT2D eigenvalue weighted by atomic mass is 16.7. The Bertz CT molecular complexity index is 940. The Morgan fingerprint density at radius 3 is 2.79 bits per heavy atom. The molecule has 1 aliphatic heterocycles. The molecule has 0 aliphatic carbocycles. The summed E-state index contributed by atoms with van der Waals surface area (Å²) in [6, 6.07) is 7.73. The third-order valence-corrected chi connectivity index (χ3v) is 4.02. The SMILES string of the molecule is COc1ccc(NC(=O)C=Cc2cc([N+](=O)[O-])cc3c2OCOC3)c(OC)c1. The van der Waals surface area contributed by atoms with Crippen molar-refractivity contribution >= 4 is 23.4 Å². The molecule has 2 aromatic carbocycles. The molecule has 3 rings (SSSR count). The van der Waals surface area contributed by atoms with Gasteiger partial charge in [0.1, 0.15) is 17.2 Å². The van der Waals surface area contributed by atoms with Gasteiger partial charge in [-0.25, -0.2) is 0 Å². The summed E-state index contributed by atoms with van der Waals surface area (Å²) in [5.74, 6) is 1.06. The second-order valence-corrected chi connectivity index (χ2v) is 5.78. The summed E-state index contributed by atoms with van der Waals surface area (Å²) in [5.41, 5.74) is 1.33. The summed E-state index contributed by atoms with van der Waals surface area (Å²) in [6.07, 6.45) is 2.73. The highest BCUT2D eigenvalue weighted by Gasteiger charge is 2.20. The number of hydrogen-bond donors (Lipinski definition) is 1. The van der Waals surface area contributed by atoms with Crippen LogP contribution in [-0.4, -0.2) is 31.8 Å². The first-order valence-electron chi connectivity index (χ1n) is 8.24. The van der Waals surface area contributed by atoms with Gasteiger partial charge >= 0.3 is 0 Å². The standard InChI is InChI=1S/C19H18N2O7/c1-25-15-4-5-16(17(9-15)26-2)20-18(22)6-3-12-7-14(21(23)24)8-13-10-27-11-28-19(12)13/h3-9H,10-11H2,1-2H3,(H,20,22). The largest absolute Gasteiger partial charge is 0.497 e. The summed E-state index contributed by atoms with van der Waals surface area (Å²) in [7, 11) is 3.01. The Morgan fingerprint density at radius 1 is 1.25 bits per heavy atom. The Hall–Kier alpha value is -3.59. The number of methoxy groups -OCH3 is 2. The summed E-state index contributed by atoms with van der Waals surface area (Å²) < 4.78 is 21.0. The lowest BCUT2D eigenvalue weighted by molar-refractivity contribution is -0.385. The Morgan fingerprint density at radius 2 is 2.07 bits per heavy atom. The smallest absolute Gasteiger partial charge is 0.270 e. The average Bonchev–Trinajstić information content (AvgIpc) is 2.71. The molecule has 146 valence electrons. The molecule has 1 aliphatic rings. The number of carbonyl (C=O) groups is 1. The summed E-state index contributed by atoms with van der Waals surface area (Å²) in [4.78, 5) is 22.9. The lowest BCUT2D eigenvalue weighted by Crippen LogP contribution is -2.13. The van der Waals surface area contributed by atoms with Gasteiger partial charge in [-0.3, -0.25) is 14.9 Å². The number of anilines is 1. The molecule has 0 aromatic heterocycles. The van der Waals surface area contributed by atoms with Crippen molar-refractivity contribution in [2.24, 2.45) is 0 Å². The number of nitro groups is 1. The number of non-ortho nitro benzene ring substituents is 1. The number of carbonyl (C=O) groups excluding carboxylic acids is 1. The molecule has 0 bridgehead atoms. The van der Waals surface area contributed by atoms with Crippen molar-refractivity contribution in [2.45, 2.75) is 6.61 Å². The number of hydrogen-bond acceptors (Lipinski definition) is 7. The first kappa shape index (κ1) is 19.2. The zero-order valence-electron chi connectivity index (χ0n) is 15.3. The van der Waals surface area contributed by atoms with Crippen molar-refractivity contribution in [1.29, 1.82) is 0 Å². The van der Waals surface area contributed by atoms with Gasteiger partial charge in [-0.2, -0.15) is 0 Å². The van der Waals surface area contributed by atoms with E-state index in [1.807, 2.05) is 0 Å². The number of nitrogens with one attached hydrogen (secondary N) is 1. The van der Waals surface area contributed by atoms with E-state index >= 15 is 0 Å². The fourth-order valence-corrected chi connectivity index (χ4v) is 2.70. The molecule has 1 amide bonds. The minimum Gasteiger partial charge on any atom is -0.497 e. The lowest BCUT2D eigenvalue weighted by atomic mass is 10.1. The van der Waals surface area contributed by atoms with Crippen LogP contribution in [0.1, 0.15) is 11.1 Å². The van der Waals surface area contributed by atoms with Gasteiger partial charge in [0.2, 0.25) is 5.91 Å². The molecule has 0 fully saturated rings. The first-order chi connectivity index (χ1) is 13.5. The maximum Gasteiger partial charge on any atom is 0.270 e. The summed E-state index contributed by atoms with van der Waals surface area (Å²) in [6.45, 7) is 0.244. The third kappa shape index (κ3) is 4.21. The maximum atomic E-state index is 12.3. The normalized spacial score (nSPS) is 12.8. The maximum absolute atomic E-state index is 12.3. The van der Waals surface area contributed by atoms with Gasteiger partial charge in [-0.05, 0) is 18.2 Å². The second-order valence-electron chi connectivity index (χ2n) is 5.78. The predicted octanol–water partition coefficient (Wildman–Crippen LogP) is 3.13. The van der Waals surface area contributed by atoms with Gasteiger partial charge < -0.3 is 24.3 Å². The van der Waals surface area contributed by atoms with Gasteiger partial charge in [0.25, 0.3) is 5.69 Å². The van der Waals surface area contributed by atoms with E-state index in [0.29, 0.717) is 34.1 Å². The van der Waals surface area contributed by atoms with E-state index in [4.69, 9.17) is 18.9 Å². The summed E-state index contributed by atoms with van der Waals surface area (Å²) >= 11 is 0. The topological polar surface area (TPSA) is 109 Å². The van der Waals surface area contributed by atoms with Crippen LogP contribution in [0, 0.1) is 10.1 Å². The van der Waals surface area contributed by atoms with E-state index < -0.39 is 10.8 Å². The van der Waals surface area contributed by atoms with Crippen LogP contribution in [-0.2, 0) is 16.1 Å². The Balaban J connectivity index is 1.83. The zero-order chi connectivity index (χ0) is 20.1. The van der Waals surface area contributed by atoms with Gasteiger partial charge in [-0.1, -0.05) is 0 Å². The molecule has 9 heteroatoms. The molecule has 0 atom stereocenters. The van der Waals surface area contributed by atoms with Crippen molar-refractivity contribution in [3.05, 3.63) is 57.6 Å². The summed E-state index contributed by atoms with van der Waals surface area (Å²) in [5, 5.41) is 13.8. The van der Waals surface area contributed by atoms with E-state index in [1.54, 1.807) is 18.2 Å². The molecule has 0 saturated carbocycles. The van der Waals surface area contributed by atoms with Crippen molar-refractivity contribution in [3.63, 3.8) is 0 Å². The minimum absolute atomic E-state index is 0.0426. The van der Waals surface area contributed by atoms with Crippen molar-refractivity contribution in [3.8, 4) is 17.2 Å². The molecule has 0 saturated heterocycles. The van der Waals surface area contributed by atoms with Gasteiger partial charge in [-0.15, -0.1) is 0 Å². The molecular weight excluding hydrogens is 368 g/mol. The number of ether oxygens (including phenoxy) is 4. The van der Waals surface area contributed by atoms with Gasteiger partial charge in [0, 0.05) is 35.4 Å². The molecular formula is C19H18N2O7. The second kappa shape index (κ2) is 8.40. The van der Waals surface area contributed by atoms with Crippen LogP contribution in [0.4, 0.5) is 11.4 Å². The van der Waals surface area contributed by atoms with Crippen LogP contribution in [0.15, 0.2) is 36.4 Å². The number of nitro benzene ring substituents is 1. The van der Waals surface area contributed by atoms with E-state index in [9.17, 15) is 14.9 Å². The van der Waals surface area contributed by atoms with Crippen LogP contribution in [0.5, 0.6) is 17.2 Å². The van der Waals surface area contributed by atoms with Crippen LogP contribution in [0.3, 0.4) is 0 Å². The first-order valence-corrected chi connectivity index (χ1v) is 8.24. The molecule has 9 nitrogen and oxygen atoms in total. The van der Waals surface area contributed by atoms with Gasteiger partial charge in [0.15, 0.2) is 6.79 Å². The van der Waals surface area contributed by atoms with E-state index in [1.165, 1.54) is 38.5 Å². The Labute approximate surface area is 160 Å². The monoisotopic (exact) mass is 386 g/mol. The van der Waals surface area contributed by atoms with Crippen LogP contribution in [0.25, 0.3) is 6.08 Å². The number of rotatable bonds is 6. The molecule has 28 heavy (non-hydrogen) atoms. The van der Waals surface area contributed by atoms with Crippen LogP contribution < -0.4 is 19.5 Å². The van der Waals surface area contributed by atoms with Gasteiger partial charge in [0.05, 0.1) is 31.4 Å². The van der Waals surface area contributed by atoms with Crippen molar-refractivity contribution < 1.29 is 28.7 Å². The van der Waals surface area contributed by atoms with Crippen LogP contribution in [0.2, 0.25) is 0 Å². The Kier molecular flexibility index (Phi) is 5.75. The quantitative estimate of drug-likeness (QED) is 0.461. The lowest BCUT2D eigenvalue weighted by Gasteiger charge is -2.19. The molecule has 1 heterocycles. The van der Waals surface area contributed by atoms with Crippen LogP contribution >= 0.6 is 0 Å². The number of fused-ring (bicyclic) bond motifs is 1. The predicted molar refractivity (Wildman–Crippen MR) is 101 cm³/mol. The van der Waals surface area contributed by atoms with E-state index in [2.05, 4.69) is 5.32 Å². The fourth-order valence-electron chi connectivity index (χ4n) is 2.70. The minimum atomic E-state index is -0.505. The number of benzene rings is 2.